The Morgan fingerprint density at radius 3 is 2.33 bits per heavy atom. The number of hydrogen-bond donors (Lipinski definition) is 1. The molecular formula is C14H20O3S. The molecule has 0 fully saturated rings. The number of aliphatic hydroxyl groups is 1. The second-order valence-corrected chi connectivity index (χ2v) is 6.93. The zero-order valence-electron chi connectivity index (χ0n) is 10.8. The Hall–Kier alpha value is -1.13. The van der Waals surface area contributed by atoms with E-state index in [0.29, 0.717) is 12.0 Å². The van der Waals surface area contributed by atoms with Crippen molar-refractivity contribution in [3.05, 3.63) is 48.0 Å². The van der Waals surface area contributed by atoms with Crippen LogP contribution in [0.15, 0.2) is 42.5 Å². The minimum atomic E-state index is -3.37. The fourth-order valence-corrected chi connectivity index (χ4v) is 3.85. The fraction of sp³-hybridized carbons (Fsp3) is 0.429. The molecule has 2 atom stereocenters. The van der Waals surface area contributed by atoms with E-state index in [4.69, 9.17) is 0 Å². The molecule has 1 aromatic rings. The third-order valence-corrected chi connectivity index (χ3v) is 5.10. The topological polar surface area (TPSA) is 54.4 Å². The lowest BCUT2D eigenvalue weighted by atomic mass is 10.1. The van der Waals surface area contributed by atoms with Gasteiger partial charge in [0.2, 0.25) is 0 Å². The average molecular weight is 268 g/mol. The largest absolute Gasteiger partial charge is 0.392 e. The molecule has 0 aliphatic heterocycles. The van der Waals surface area contributed by atoms with Crippen LogP contribution in [0.1, 0.15) is 19.4 Å². The first-order chi connectivity index (χ1) is 8.33. The smallest absolute Gasteiger partial charge is 0.159 e. The van der Waals surface area contributed by atoms with Crippen molar-refractivity contribution in [3.8, 4) is 0 Å². The number of hydrogen-bond acceptors (Lipinski definition) is 3. The first-order valence-corrected chi connectivity index (χ1v) is 7.63. The van der Waals surface area contributed by atoms with Gasteiger partial charge in [0.1, 0.15) is 0 Å². The number of aliphatic hydroxyl groups excluding tert-OH is 1. The van der Waals surface area contributed by atoms with Gasteiger partial charge < -0.3 is 5.11 Å². The van der Waals surface area contributed by atoms with Gasteiger partial charge in [0.15, 0.2) is 9.84 Å². The minimum Gasteiger partial charge on any atom is -0.392 e. The molecule has 0 spiro atoms. The summed E-state index contributed by atoms with van der Waals surface area (Å²) in [6, 6.07) is 9.45. The van der Waals surface area contributed by atoms with Gasteiger partial charge in [-0.2, -0.15) is 0 Å². The summed E-state index contributed by atoms with van der Waals surface area (Å²) >= 11 is 0. The maximum atomic E-state index is 12.2. The highest BCUT2D eigenvalue weighted by Gasteiger charge is 2.27. The predicted octanol–water partition coefficient (Wildman–Crippen LogP) is 1.97. The van der Waals surface area contributed by atoms with E-state index < -0.39 is 21.2 Å². The molecule has 1 aromatic carbocycles. The molecule has 1 N–H and O–H groups in total. The normalized spacial score (nSPS) is 15.1. The van der Waals surface area contributed by atoms with Crippen LogP contribution in [0.2, 0.25) is 0 Å². The van der Waals surface area contributed by atoms with Crippen LogP contribution in [-0.4, -0.2) is 30.6 Å². The van der Waals surface area contributed by atoms with Gasteiger partial charge in [-0.15, -0.1) is 0 Å². The first kappa shape index (κ1) is 14.9. The molecule has 0 heterocycles. The van der Waals surface area contributed by atoms with Gasteiger partial charge in [0.25, 0.3) is 0 Å². The summed E-state index contributed by atoms with van der Waals surface area (Å²) in [5.41, 5.74) is 1.57. The van der Waals surface area contributed by atoms with E-state index in [1.54, 1.807) is 6.92 Å². The molecule has 4 heteroatoms. The number of sulfone groups is 1. The molecule has 0 aromatic heterocycles. The van der Waals surface area contributed by atoms with Crippen molar-refractivity contribution in [3.63, 3.8) is 0 Å². The van der Waals surface area contributed by atoms with Crippen LogP contribution < -0.4 is 0 Å². The van der Waals surface area contributed by atoms with Crippen LogP contribution in [0.3, 0.4) is 0 Å². The molecule has 0 radical (unpaired) electrons. The minimum absolute atomic E-state index is 0.225. The number of rotatable bonds is 6. The molecule has 0 saturated heterocycles. The van der Waals surface area contributed by atoms with Gasteiger partial charge in [-0.1, -0.05) is 42.5 Å². The number of benzene rings is 1. The van der Waals surface area contributed by atoms with Crippen molar-refractivity contribution in [1.82, 2.24) is 0 Å². The molecule has 0 aliphatic rings. The van der Waals surface area contributed by atoms with E-state index >= 15 is 0 Å². The average Bonchev–Trinajstić information content (AvgIpc) is 2.25. The summed E-state index contributed by atoms with van der Waals surface area (Å²) in [5, 5.41) is 8.65. The molecule has 0 unspecified atom stereocenters. The van der Waals surface area contributed by atoms with E-state index in [1.165, 1.54) is 6.92 Å². The van der Waals surface area contributed by atoms with E-state index in [2.05, 4.69) is 6.58 Å². The van der Waals surface area contributed by atoms with Crippen molar-refractivity contribution in [2.45, 2.75) is 31.6 Å². The fourth-order valence-electron chi connectivity index (χ4n) is 1.89. The van der Waals surface area contributed by atoms with E-state index in [9.17, 15) is 13.5 Å². The summed E-state index contributed by atoms with van der Waals surface area (Å²) in [5.74, 6) is -0.225. The van der Waals surface area contributed by atoms with E-state index in [0.717, 1.165) is 5.56 Å². The SMILES string of the molecule is C=C(C)[C@@H](Cc1ccccc1)S(=O)(=O)C[C@@H](C)O. The summed E-state index contributed by atoms with van der Waals surface area (Å²) in [4.78, 5) is 0. The highest BCUT2D eigenvalue weighted by Crippen LogP contribution is 2.18. The Balaban J connectivity index is 2.94. The highest BCUT2D eigenvalue weighted by molar-refractivity contribution is 7.92. The van der Waals surface area contributed by atoms with Crippen LogP contribution in [0.4, 0.5) is 0 Å². The monoisotopic (exact) mass is 268 g/mol. The quantitative estimate of drug-likeness (QED) is 0.803. The second kappa shape index (κ2) is 6.16. The van der Waals surface area contributed by atoms with E-state index in [1.807, 2.05) is 30.3 Å². The van der Waals surface area contributed by atoms with Crippen molar-refractivity contribution < 1.29 is 13.5 Å². The van der Waals surface area contributed by atoms with E-state index in [-0.39, 0.29) is 5.75 Å². The Kier molecular flexibility index (Phi) is 5.11. The molecule has 3 nitrogen and oxygen atoms in total. The molecule has 18 heavy (non-hydrogen) atoms. The Morgan fingerprint density at radius 1 is 1.33 bits per heavy atom. The van der Waals surface area contributed by atoms with Crippen LogP contribution >= 0.6 is 0 Å². The summed E-state index contributed by atoms with van der Waals surface area (Å²) in [7, 11) is -3.37. The van der Waals surface area contributed by atoms with Crippen LogP contribution in [0.25, 0.3) is 0 Å². The zero-order chi connectivity index (χ0) is 13.8. The lowest BCUT2D eigenvalue weighted by Gasteiger charge is -2.19. The van der Waals surface area contributed by atoms with Crippen molar-refractivity contribution in [2.75, 3.05) is 5.75 Å². The predicted molar refractivity (Wildman–Crippen MR) is 74.2 cm³/mol. The lowest BCUT2D eigenvalue weighted by Crippen LogP contribution is -2.31. The van der Waals surface area contributed by atoms with Crippen LogP contribution in [0, 0.1) is 0 Å². The Labute approximate surface area is 109 Å². The Morgan fingerprint density at radius 2 is 1.89 bits per heavy atom. The summed E-state index contributed by atoms with van der Waals surface area (Å²) in [6.45, 7) is 6.96. The summed E-state index contributed by atoms with van der Waals surface area (Å²) in [6.07, 6.45) is -0.446. The van der Waals surface area contributed by atoms with Crippen LogP contribution in [-0.2, 0) is 16.3 Å². The maximum absolute atomic E-state index is 12.2. The standard InChI is InChI=1S/C14H20O3S/c1-11(2)14(18(16,17)10-12(3)15)9-13-7-5-4-6-8-13/h4-8,12,14-15H,1,9-10H2,2-3H3/t12-,14-/m1/s1. The second-order valence-electron chi connectivity index (χ2n) is 4.70. The Bertz CT molecular complexity index is 489. The van der Waals surface area contributed by atoms with Gasteiger partial charge in [-0.3, -0.25) is 0 Å². The van der Waals surface area contributed by atoms with Crippen molar-refractivity contribution >= 4 is 9.84 Å². The molecule has 1 rings (SSSR count). The molecule has 0 aliphatic carbocycles. The molecule has 0 bridgehead atoms. The lowest BCUT2D eigenvalue weighted by molar-refractivity contribution is 0.218. The van der Waals surface area contributed by atoms with Gasteiger partial charge in [0.05, 0.1) is 17.1 Å². The molecule has 100 valence electrons. The third kappa shape index (κ3) is 4.27. The maximum Gasteiger partial charge on any atom is 0.159 e. The molecule has 0 amide bonds. The van der Waals surface area contributed by atoms with Gasteiger partial charge >= 0.3 is 0 Å². The van der Waals surface area contributed by atoms with Gasteiger partial charge in [-0.05, 0) is 25.8 Å². The molecule has 0 saturated carbocycles. The van der Waals surface area contributed by atoms with Gasteiger partial charge in [-0.25, -0.2) is 8.42 Å². The first-order valence-electron chi connectivity index (χ1n) is 5.92. The molecular weight excluding hydrogens is 248 g/mol. The van der Waals surface area contributed by atoms with Crippen LogP contribution in [0.5, 0.6) is 0 Å². The van der Waals surface area contributed by atoms with Crippen molar-refractivity contribution in [1.29, 1.82) is 0 Å². The third-order valence-electron chi connectivity index (χ3n) is 2.72. The zero-order valence-corrected chi connectivity index (χ0v) is 11.7. The van der Waals surface area contributed by atoms with Crippen molar-refractivity contribution in [2.24, 2.45) is 0 Å². The van der Waals surface area contributed by atoms with Gasteiger partial charge in [0, 0.05) is 0 Å². The highest BCUT2D eigenvalue weighted by atomic mass is 32.2. The summed E-state index contributed by atoms with van der Waals surface area (Å²) < 4.78 is 24.3.